The van der Waals surface area contributed by atoms with Crippen molar-refractivity contribution in [2.45, 2.75) is 39.9 Å². The molecular weight excluding hydrogens is 770 g/mol. The number of aryl methyl sites for hydroxylation is 2. The number of rotatable bonds is 10. The Morgan fingerprint density at radius 2 is 1.02 bits per heavy atom. The fraction of sp³-hybridized carbons (Fsp3) is 0.500. The van der Waals surface area contributed by atoms with Crippen molar-refractivity contribution in [3.8, 4) is 0 Å². The monoisotopic (exact) mass is 808 g/mol. The number of benzene rings is 2. The largest absolute Gasteiger partial charge is 0.392 e. The van der Waals surface area contributed by atoms with Gasteiger partial charge in [0.15, 0.2) is 0 Å². The molecule has 0 amide bonds. The second-order valence-corrected chi connectivity index (χ2v) is 22.4. The van der Waals surface area contributed by atoms with Gasteiger partial charge in [-0.05, 0) is 37.8 Å². The van der Waals surface area contributed by atoms with Crippen molar-refractivity contribution in [1.82, 2.24) is 0 Å². The number of hydrogen-bond acceptors (Lipinski definition) is 3. The summed E-state index contributed by atoms with van der Waals surface area (Å²) in [5.41, 5.74) is 4.58. The van der Waals surface area contributed by atoms with Gasteiger partial charge in [0, 0.05) is 37.9 Å². The molecule has 3 atom stereocenters. The average Bonchev–Trinajstić information content (AvgIpc) is 3.48. The van der Waals surface area contributed by atoms with Crippen LogP contribution in [0.2, 0.25) is 0 Å². The normalized spacial score (nSPS) is 12.6. The third-order valence-electron chi connectivity index (χ3n) is 4.51. The smallest absolute Gasteiger partial charge is 0.125 e. The van der Waals surface area contributed by atoms with E-state index >= 15 is 0 Å². The highest BCUT2D eigenvalue weighted by atomic mass is 35.9. The lowest BCUT2D eigenvalue weighted by Gasteiger charge is -2.10. The van der Waals surface area contributed by atoms with Gasteiger partial charge in [-0.25, -0.2) is 0 Å². The topological polar surface area (TPSA) is 38.7 Å². The van der Waals surface area contributed by atoms with E-state index in [9.17, 15) is 0 Å². The maximum absolute atomic E-state index is 8.63. The van der Waals surface area contributed by atoms with Gasteiger partial charge in [-0.15, -0.1) is 0 Å². The quantitative estimate of drug-likeness (QED) is 0.243. The summed E-state index contributed by atoms with van der Waals surface area (Å²) in [6.07, 6.45) is 5.54. The van der Waals surface area contributed by atoms with Crippen LogP contribution >= 0.6 is 126 Å². The van der Waals surface area contributed by atoms with E-state index in [1.165, 1.54) is 24.0 Å². The van der Waals surface area contributed by atoms with E-state index in [2.05, 4.69) is 19.1 Å². The Morgan fingerprint density at radius 1 is 0.650 bits per heavy atom. The Hall–Kier alpha value is 2.93. The minimum atomic E-state index is -0.925. The molecule has 1 saturated heterocycles. The molecule has 1 N–H and O–H groups in total. The van der Waals surface area contributed by atoms with Crippen LogP contribution in [0.15, 0.2) is 48.5 Å². The molecule has 234 valence electrons. The molecule has 0 aliphatic carbocycles. The molecule has 0 spiro atoms. The van der Waals surface area contributed by atoms with Gasteiger partial charge in [0.05, 0.1) is 33.1 Å². The first-order chi connectivity index (χ1) is 18.0. The second kappa shape index (κ2) is 31.9. The van der Waals surface area contributed by atoms with Gasteiger partial charge in [0.25, 0.3) is 0 Å². The first-order valence-corrected chi connectivity index (χ1v) is 24.0. The molecule has 1 fully saturated rings. The number of halogens is 7. The van der Waals surface area contributed by atoms with Crippen molar-refractivity contribution >= 4 is 126 Å². The molecule has 2 aromatic rings. The maximum atomic E-state index is 8.63. The molecule has 3 rings (SSSR count). The Bertz CT molecular complexity index is 791. The third kappa shape index (κ3) is 32.3. The van der Waals surface area contributed by atoms with Crippen LogP contribution in [-0.4, -0.2) is 43.0 Å². The number of hydrogen-bond donors (Lipinski definition) is 1. The first-order valence-electron chi connectivity index (χ1n) is 11.7. The highest BCUT2D eigenvalue weighted by Gasteiger charge is 2.08. The van der Waals surface area contributed by atoms with Crippen molar-refractivity contribution in [3.05, 3.63) is 70.8 Å². The van der Waals surface area contributed by atoms with Crippen molar-refractivity contribution in [2.24, 2.45) is 0 Å². The van der Waals surface area contributed by atoms with E-state index < -0.39 is 27.4 Å². The molecule has 3 nitrogen and oxygen atoms in total. The van der Waals surface area contributed by atoms with E-state index in [-0.39, 0.29) is 26.4 Å². The third-order valence-corrected chi connectivity index (χ3v) is 11.7. The van der Waals surface area contributed by atoms with Crippen LogP contribution < -0.4 is 0 Å². The summed E-state index contributed by atoms with van der Waals surface area (Å²) in [6, 6.07) is 16.1. The number of aliphatic hydroxyl groups excluding tert-OH is 1. The minimum Gasteiger partial charge on any atom is -0.392 e. The molecule has 1 heterocycles. The van der Waals surface area contributed by atoms with Crippen molar-refractivity contribution < 1.29 is 14.4 Å². The number of aliphatic hydroxyl groups is 1. The Kier molecular flexibility index (Phi) is 37.7. The zero-order chi connectivity index (χ0) is 28.8. The fourth-order valence-electron chi connectivity index (χ4n) is 2.40. The summed E-state index contributed by atoms with van der Waals surface area (Å²) < 4.78 is 10.5. The molecule has 0 radical (unpaired) electrons. The van der Waals surface area contributed by atoms with E-state index in [1.807, 2.05) is 43.3 Å². The highest BCUT2D eigenvalue weighted by molar-refractivity contribution is 8.06. The molecule has 2 aromatic carbocycles. The molecule has 16 heteroatoms. The molecule has 0 saturated carbocycles. The van der Waals surface area contributed by atoms with Crippen LogP contribution in [-0.2, 0) is 22.5 Å². The summed E-state index contributed by atoms with van der Waals surface area (Å²) >= 11 is 39.2. The summed E-state index contributed by atoms with van der Waals surface area (Å²) in [5, 5.41) is 8.63. The van der Waals surface area contributed by atoms with Crippen LogP contribution in [0.5, 0.6) is 0 Å². The SMILES string of the molecule is C1CCOC1.Cc1ccc(CO)cc1.Cc1ccc(COP(Cl)CCP(Cl)Cl)cc1.ClP(Cl)CCP(Cl)Cl.P.P. The van der Waals surface area contributed by atoms with Gasteiger partial charge in [0.2, 0.25) is 0 Å². The molecule has 1 aliphatic rings. The van der Waals surface area contributed by atoms with Crippen molar-refractivity contribution in [3.63, 3.8) is 0 Å². The summed E-state index contributed by atoms with van der Waals surface area (Å²) in [7, 11) is -0.925. The van der Waals surface area contributed by atoms with Gasteiger partial charge in [-0.2, -0.15) is 19.8 Å². The van der Waals surface area contributed by atoms with Gasteiger partial charge >= 0.3 is 0 Å². The summed E-state index contributed by atoms with van der Waals surface area (Å²) in [5.74, 6) is 0. The fourth-order valence-corrected chi connectivity index (χ4v) is 10.2. The standard InChI is InChI=1S/C10H13Cl3OP2.C8H10O.C4H8O.C2H4Cl4P2.2H3P/c1-9-2-4-10(5-3-9)8-14-16(13)7-6-15(11)12;1-7-2-4-8(6-9)5-3-7;1-2-4-5-3-1;3-7(4)1-2-8(5)6;;/h2-5H,6-8H2,1H3;2-5,9H,6H2,1H3;1-4H2;1-2H2;2*1H3. The first kappa shape index (κ1) is 47.3. The van der Waals surface area contributed by atoms with E-state index in [1.54, 1.807) is 0 Å². The Morgan fingerprint density at radius 3 is 1.35 bits per heavy atom. The van der Waals surface area contributed by atoms with E-state index in [0.717, 1.165) is 49.0 Å². The van der Waals surface area contributed by atoms with E-state index in [4.69, 9.17) is 93.1 Å². The second-order valence-electron chi connectivity index (χ2n) is 7.84. The predicted molar refractivity (Wildman–Crippen MR) is 203 cm³/mol. The average molecular weight is 812 g/mol. The molecular formula is C24H41Cl7O3P6. The van der Waals surface area contributed by atoms with E-state index in [0.29, 0.717) is 6.61 Å². The van der Waals surface area contributed by atoms with Crippen molar-refractivity contribution in [2.75, 3.05) is 37.9 Å². The highest BCUT2D eigenvalue weighted by Crippen LogP contribution is 2.54. The van der Waals surface area contributed by atoms with Gasteiger partial charge < -0.3 is 14.4 Å². The summed E-state index contributed by atoms with van der Waals surface area (Å²) in [4.78, 5) is 0. The minimum absolute atomic E-state index is 0. The van der Waals surface area contributed by atoms with Gasteiger partial charge in [-0.1, -0.05) is 138 Å². The Balaban J connectivity index is -0.000000488. The van der Waals surface area contributed by atoms with Crippen LogP contribution in [0.3, 0.4) is 0 Å². The maximum Gasteiger partial charge on any atom is 0.125 e. The molecule has 0 bridgehead atoms. The predicted octanol–water partition coefficient (Wildman–Crippen LogP) is 12.8. The number of ether oxygens (including phenoxy) is 1. The van der Waals surface area contributed by atoms with Crippen LogP contribution in [0, 0.1) is 13.8 Å². The van der Waals surface area contributed by atoms with Crippen LogP contribution in [0.1, 0.15) is 35.1 Å². The molecule has 40 heavy (non-hydrogen) atoms. The molecule has 0 aromatic heterocycles. The lowest BCUT2D eigenvalue weighted by molar-refractivity contribution is 0.198. The van der Waals surface area contributed by atoms with Crippen molar-refractivity contribution in [1.29, 1.82) is 0 Å². The zero-order valence-electron chi connectivity index (χ0n) is 22.8. The molecule has 1 aliphatic heterocycles. The lowest BCUT2D eigenvalue weighted by Crippen LogP contribution is -1.90. The summed E-state index contributed by atoms with van der Waals surface area (Å²) in [6.45, 7) is 4.19. The zero-order valence-corrected chi connectivity index (χ0v) is 34.5. The molecule has 3 unspecified atom stereocenters. The van der Waals surface area contributed by atoms with Gasteiger partial charge in [-0.3, -0.25) is 0 Å². The van der Waals surface area contributed by atoms with Crippen LogP contribution in [0.4, 0.5) is 0 Å². The van der Waals surface area contributed by atoms with Crippen LogP contribution in [0.25, 0.3) is 0 Å². The Labute approximate surface area is 286 Å². The van der Waals surface area contributed by atoms with Gasteiger partial charge in [0.1, 0.15) is 7.50 Å². The lowest BCUT2D eigenvalue weighted by atomic mass is 10.2.